The Morgan fingerprint density at radius 2 is 1.87 bits per heavy atom. The highest BCUT2D eigenvalue weighted by atomic mass is 19.3. The summed E-state index contributed by atoms with van der Waals surface area (Å²) in [5, 5.41) is 2.19. The Hall–Kier alpha value is -0.400. The number of hydrogen-bond acceptors (Lipinski definition) is 3. The predicted octanol–water partition coefficient (Wildman–Crippen LogP) is 1.14. The Labute approximate surface area is 85.7 Å². The molecule has 7 heteroatoms. The summed E-state index contributed by atoms with van der Waals surface area (Å²) < 4.78 is 57.5. The maximum atomic E-state index is 12.3. The van der Waals surface area contributed by atoms with Crippen LogP contribution in [0.15, 0.2) is 0 Å². The minimum absolute atomic E-state index is 0.103. The number of alkyl halides is 4. The fourth-order valence-corrected chi connectivity index (χ4v) is 0.721. The van der Waals surface area contributed by atoms with Gasteiger partial charge in [0.15, 0.2) is 0 Å². The fraction of sp³-hybridized carbons (Fsp3) is 1.00. The molecule has 0 amide bonds. The number of rotatable bonds is 9. The van der Waals surface area contributed by atoms with Crippen LogP contribution in [0.1, 0.15) is 0 Å². The van der Waals surface area contributed by atoms with Crippen molar-refractivity contribution in [3.05, 3.63) is 0 Å². The smallest absolute Gasteiger partial charge is 0.319 e. The first-order chi connectivity index (χ1) is 7.00. The third-order valence-corrected chi connectivity index (χ3v) is 1.53. The van der Waals surface area contributed by atoms with Gasteiger partial charge in [0, 0.05) is 13.7 Å². The summed E-state index contributed by atoms with van der Waals surface area (Å²) in [6.07, 6.45) is -3.64. The van der Waals surface area contributed by atoms with Crippen LogP contribution in [0.5, 0.6) is 0 Å². The highest BCUT2D eigenvalue weighted by molar-refractivity contribution is 4.71. The second-order valence-corrected chi connectivity index (χ2v) is 2.84. The van der Waals surface area contributed by atoms with E-state index in [4.69, 9.17) is 4.74 Å². The molecule has 0 heterocycles. The molecular formula is C8H15F4NO2. The zero-order valence-corrected chi connectivity index (χ0v) is 8.44. The summed E-state index contributed by atoms with van der Waals surface area (Å²) >= 11 is 0. The first-order valence-corrected chi connectivity index (χ1v) is 4.44. The van der Waals surface area contributed by atoms with Crippen LogP contribution in [0.25, 0.3) is 0 Å². The van der Waals surface area contributed by atoms with E-state index < -0.39 is 18.9 Å². The average Bonchev–Trinajstić information content (AvgIpc) is 2.16. The van der Waals surface area contributed by atoms with Gasteiger partial charge < -0.3 is 14.8 Å². The van der Waals surface area contributed by atoms with Crippen molar-refractivity contribution in [1.82, 2.24) is 5.32 Å². The number of halogens is 4. The summed E-state index contributed by atoms with van der Waals surface area (Å²) in [6, 6.07) is 0. The van der Waals surface area contributed by atoms with Crippen molar-refractivity contribution in [2.24, 2.45) is 0 Å². The van der Waals surface area contributed by atoms with Crippen molar-refractivity contribution >= 4 is 0 Å². The molecule has 0 aliphatic rings. The Kier molecular flexibility index (Phi) is 7.63. The molecule has 0 spiro atoms. The molecule has 0 aromatic heterocycles. The lowest BCUT2D eigenvalue weighted by atomic mass is 10.3. The standard InChI is InChI=1S/C8H15F4NO2/c1-14-4-5-15-3-2-13-6-8(11,12)7(9)10/h7,13H,2-6H2,1H3. The van der Waals surface area contributed by atoms with Gasteiger partial charge in [-0.05, 0) is 0 Å². The molecule has 0 fully saturated rings. The van der Waals surface area contributed by atoms with Crippen LogP contribution in [0.4, 0.5) is 17.6 Å². The summed E-state index contributed by atoms with van der Waals surface area (Å²) in [4.78, 5) is 0. The summed E-state index contributed by atoms with van der Waals surface area (Å²) in [6.45, 7) is 0.00359. The van der Waals surface area contributed by atoms with E-state index in [1.54, 1.807) is 0 Å². The molecule has 0 atom stereocenters. The van der Waals surface area contributed by atoms with Crippen LogP contribution in [-0.4, -0.2) is 52.4 Å². The van der Waals surface area contributed by atoms with E-state index in [1.165, 1.54) is 7.11 Å². The van der Waals surface area contributed by atoms with Gasteiger partial charge >= 0.3 is 12.3 Å². The molecular weight excluding hydrogens is 218 g/mol. The Bertz CT molecular complexity index is 158. The fourth-order valence-electron chi connectivity index (χ4n) is 0.721. The van der Waals surface area contributed by atoms with E-state index in [9.17, 15) is 17.6 Å². The molecule has 0 radical (unpaired) electrons. The van der Waals surface area contributed by atoms with Gasteiger partial charge in [-0.3, -0.25) is 0 Å². The molecule has 0 saturated heterocycles. The van der Waals surface area contributed by atoms with Gasteiger partial charge in [-0.2, -0.15) is 8.78 Å². The van der Waals surface area contributed by atoms with Crippen LogP contribution in [0.2, 0.25) is 0 Å². The Morgan fingerprint density at radius 3 is 2.40 bits per heavy atom. The van der Waals surface area contributed by atoms with Crippen molar-refractivity contribution in [1.29, 1.82) is 0 Å². The van der Waals surface area contributed by atoms with Gasteiger partial charge in [0.1, 0.15) is 0 Å². The molecule has 0 rings (SSSR count). The molecule has 0 aromatic rings. The van der Waals surface area contributed by atoms with E-state index >= 15 is 0 Å². The third-order valence-electron chi connectivity index (χ3n) is 1.53. The minimum atomic E-state index is -3.98. The number of nitrogens with one attached hydrogen (secondary N) is 1. The topological polar surface area (TPSA) is 30.5 Å². The molecule has 92 valence electrons. The zero-order chi connectivity index (χ0) is 11.7. The van der Waals surface area contributed by atoms with Crippen LogP contribution < -0.4 is 5.32 Å². The lowest BCUT2D eigenvalue weighted by molar-refractivity contribution is -0.125. The molecule has 0 aromatic carbocycles. The zero-order valence-electron chi connectivity index (χ0n) is 8.44. The highest BCUT2D eigenvalue weighted by Crippen LogP contribution is 2.21. The Morgan fingerprint density at radius 1 is 1.20 bits per heavy atom. The molecule has 0 aliphatic carbocycles. The van der Waals surface area contributed by atoms with Gasteiger partial charge in [0.2, 0.25) is 0 Å². The second-order valence-electron chi connectivity index (χ2n) is 2.84. The van der Waals surface area contributed by atoms with Crippen molar-refractivity contribution < 1.29 is 27.0 Å². The Balaban J connectivity index is 3.31. The predicted molar refractivity (Wildman–Crippen MR) is 46.5 cm³/mol. The molecule has 0 unspecified atom stereocenters. The van der Waals surface area contributed by atoms with Crippen LogP contribution in [-0.2, 0) is 9.47 Å². The van der Waals surface area contributed by atoms with Crippen molar-refractivity contribution in [3.63, 3.8) is 0 Å². The molecule has 0 aliphatic heterocycles. The van der Waals surface area contributed by atoms with Gasteiger partial charge in [0.25, 0.3) is 0 Å². The van der Waals surface area contributed by atoms with E-state index in [-0.39, 0.29) is 13.2 Å². The van der Waals surface area contributed by atoms with Crippen LogP contribution in [0.3, 0.4) is 0 Å². The third kappa shape index (κ3) is 7.52. The first-order valence-electron chi connectivity index (χ1n) is 4.44. The van der Waals surface area contributed by atoms with E-state index in [0.29, 0.717) is 13.2 Å². The van der Waals surface area contributed by atoms with Gasteiger partial charge in [0.05, 0.1) is 26.4 Å². The number of hydrogen-bond donors (Lipinski definition) is 1. The first kappa shape index (κ1) is 14.6. The molecule has 0 bridgehead atoms. The molecule has 15 heavy (non-hydrogen) atoms. The quantitative estimate of drug-likeness (QED) is 0.478. The lowest BCUT2D eigenvalue weighted by Crippen LogP contribution is -2.40. The summed E-state index contributed by atoms with van der Waals surface area (Å²) in [5.41, 5.74) is 0. The van der Waals surface area contributed by atoms with Gasteiger partial charge in [-0.25, -0.2) is 8.78 Å². The normalized spacial score (nSPS) is 12.4. The van der Waals surface area contributed by atoms with E-state index in [2.05, 4.69) is 10.1 Å². The highest BCUT2D eigenvalue weighted by Gasteiger charge is 2.39. The number of ether oxygens (including phenoxy) is 2. The van der Waals surface area contributed by atoms with Gasteiger partial charge in [-0.1, -0.05) is 0 Å². The van der Waals surface area contributed by atoms with Crippen molar-refractivity contribution in [2.75, 3.05) is 40.0 Å². The monoisotopic (exact) mass is 233 g/mol. The maximum Gasteiger partial charge on any atom is 0.319 e. The molecule has 0 saturated carbocycles. The lowest BCUT2D eigenvalue weighted by Gasteiger charge is -2.15. The molecule has 1 N–H and O–H groups in total. The second kappa shape index (κ2) is 7.84. The summed E-state index contributed by atoms with van der Waals surface area (Å²) in [7, 11) is 1.50. The minimum Gasteiger partial charge on any atom is -0.382 e. The van der Waals surface area contributed by atoms with Gasteiger partial charge in [-0.15, -0.1) is 0 Å². The van der Waals surface area contributed by atoms with Crippen LogP contribution in [0, 0.1) is 0 Å². The van der Waals surface area contributed by atoms with Crippen molar-refractivity contribution in [3.8, 4) is 0 Å². The average molecular weight is 233 g/mol. The number of methoxy groups -OCH3 is 1. The van der Waals surface area contributed by atoms with Crippen LogP contribution >= 0.6 is 0 Å². The maximum absolute atomic E-state index is 12.3. The SMILES string of the molecule is COCCOCCNCC(F)(F)C(F)F. The summed E-state index contributed by atoms with van der Waals surface area (Å²) in [5.74, 6) is -3.98. The van der Waals surface area contributed by atoms with Crippen molar-refractivity contribution in [2.45, 2.75) is 12.3 Å². The van der Waals surface area contributed by atoms with E-state index in [1.807, 2.05) is 0 Å². The largest absolute Gasteiger partial charge is 0.382 e. The van der Waals surface area contributed by atoms with E-state index in [0.717, 1.165) is 0 Å². The molecule has 3 nitrogen and oxygen atoms in total.